The molecule has 3 fully saturated rings. The van der Waals surface area contributed by atoms with Gasteiger partial charge in [-0.3, -0.25) is 4.90 Å². The van der Waals surface area contributed by atoms with Crippen LogP contribution in [-0.4, -0.2) is 23.5 Å². The lowest BCUT2D eigenvalue weighted by atomic mass is 9.59. The molecule has 4 aliphatic rings. The SMILES string of the molecule is CC1=C(C2CC(N(CC3CC(C4CC(C)C4)C3)C(C)C)C2)CC1. The van der Waals surface area contributed by atoms with Crippen molar-refractivity contribution < 1.29 is 0 Å². The van der Waals surface area contributed by atoms with Gasteiger partial charge < -0.3 is 0 Å². The molecule has 0 heterocycles. The first kappa shape index (κ1) is 16.2. The van der Waals surface area contributed by atoms with Crippen molar-refractivity contribution in [3.63, 3.8) is 0 Å². The summed E-state index contributed by atoms with van der Waals surface area (Å²) in [6.45, 7) is 11.0. The Bertz CT molecular complexity index is 458. The fourth-order valence-corrected chi connectivity index (χ4v) is 5.97. The molecule has 4 aliphatic carbocycles. The fraction of sp³-hybridized carbons (Fsp3) is 0.909. The van der Waals surface area contributed by atoms with E-state index in [9.17, 15) is 0 Å². The number of hydrogen-bond acceptors (Lipinski definition) is 1. The Morgan fingerprint density at radius 3 is 2.09 bits per heavy atom. The summed E-state index contributed by atoms with van der Waals surface area (Å²) in [5, 5.41) is 0. The summed E-state index contributed by atoms with van der Waals surface area (Å²) in [5.74, 6) is 5.21. The molecule has 0 N–H and O–H groups in total. The normalized spacial score (nSPS) is 43.0. The Morgan fingerprint density at radius 1 is 0.957 bits per heavy atom. The summed E-state index contributed by atoms with van der Waals surface area (Å²) in [4.78, 5) is 2.87. The highest BCUT2D eigenvalue weighted by Gasteiger charge is 2.43. The summed E-state index contributed by atoms with van der Waals surface area (Å²) in [6, 6.07) is 1.63. The van der Waals surface area contributed by atoms with Crippen molar-refractivity contribution in [3.8, 4) is 0 Å². The summed E-state index contributed by atoms with van der Waals surface area (Å²) in [6.07, 6.45) is 11.9. The lowest BCUT2D eigenvalue weighted by Gasteiger charge is -2.52. The monoisotopic (exact) mass is 315 g/mol. The average Bonchev–Trinajstić information content (AvgIpc) is 2.37. The first-order valence-corrected chi connectivity index (χ1v) is 10.5. The lowest BCUT2D eigenvalue weighted by molar-refractivity contribution is -0.00840. The molecular weight excluding hydrogens is 278 g/mol. The third-order valence-corrected chi connectivity index (χ3v) is 7.87. The van der Waals surface area contributed by atoms with Crippen LogP contribution in [0.25, 0.3) is 0 Å². The fourth-order valence-electron chi connectivity index (χ4n) is 5.97. The number of hydrogen-bond donors (Lipinski definition) is 0. The minimum Gasteiger partial charge on any atom is -0.298 e. The van der Waals surface area contributed by atoms with Crippen LogP contribution in [0.4, 0.5) is 0 Å². The van der Waals surface area contributed by atoms with Gasteiger partial charge in [0.15, 0.2) is 0 Å². The summed E-state index contributed by atoms with van der Waals surface area (Å²) >= 11 is 0. The molecule has 23 heavy (non-hydrogen) atoms. The van der Waals surface area contributed by atoms with E-state index in [2.05, 4.69) is 32.6 Å². The van der Waals surface area contributed by atoms with E-state index >= 15 is 0 Å². The minimum atomic E-state index is 0.736. The van der Waals surface area contributed by atoms with E-state index in [-0.39, 0.29) is 0 Å². The zero-order chi connectivity index (χ0) is 16.1. The van der Waals surface area contributed by atoms with Crippen LogP contribution in [0.5, 0.6) is 0 Å². The highest BCUT2D eigenvalue weighted by atomic mass is 15.2. The van der Waals surface area contributed by atoms with Crippen LogP contribution in [0.15, 0.2) is 11.1 Å². The van der Waals surface area contributed by atoms with Crippen LogP contribution in [0.1, 0.15) is 79.1 Å². The molecule has 0 spiro atoms. The van der Waals surface area contributed by atoms with Crippen molar-refractivity contribution in [1.29, 1.82) is 0 Å². The zero-order valence-corrected chi connectivity index (χ0v) is 15.9. The van der Waals surface area contributed by atoms with E-state index in [0.29, 0.717) is 0 Å². The standard InChI is InChI=1S/C22H37N/c1-14(2)23(21-11-20(12-21)22-6-5-16(22)4)13-17-9-19(10-17)18-7-15(3)8-18/h14-15,17-21H,5-13H2,1-4H3. The minimum absolute atomic E-state index is 0.736. The van der Waals surface area contributed by atoms with Gasteiger partial charge in [-0.2, -0.15) is 0 Å². The number of allylic oxidation sites excluding steroid dienone is 2. The van der Waals surface area contributed by atoms with Crippen molar-refractivity contribution in [2.75, 3.05) is 6.54 Å². The van der Waals surface area contributed by atoms with Crippen molar-refractivity contribution in [3.05, 3.63) is 11.1 Å². The molecule has 0 aromatic rings. The summed E-state index contributed by atoms with van der Waals surface area (Å²) < 4.78 is 0. The van der Waals surface area contributed by atoms with Crippen molar-refractivity contribution >= 4 is 0 Å². The van der Waals surface area contributed by atoms with Crippen LogP contribution in [0, 0.1) is 29.6 Å². The van der Waals surface area contributed by atoms with Gasteiger partial charge in [0.25, 0.3) is 0 Å². The van der Waals surface area contributed by atoms with Gasteiger partial charge in [-0.05, 0) is 102 Å². The maximum Gasteiger partial charge on any atom is 0.0109 e. The summed E-state index contributed by atoms with van der Waals surface area (Å²) in [7, 11) is 0. The molecule has 0 bridgehead atoms. The smallest absolute Gasteiger partial charge is 0.0109 e. The molecule has 0 radical (unpaired) electrons. The molecule has 4 rings (SSSR count). The molecule has 0 aliphatic heterocycles. The quantitative estimate of drug-likeness (QED) is 0.572. The molecule has 1 heteroatoms. The predicted octanol–water partition coefficient (Wildman–Crippen LogP) is 5.66. The number of rotatable bonds is 6. The van der Waals surface area contributed by atoms with E-state index in [1.54, 1.807) is 18.4 Å². The van der Waals surface area contributed by atoms with Gasteiger partial charge in [-0.1, -0.05) is 18.1 Å². The second-order valence-electron chi connectivity index (χ2n) is 9.85. The topological polar surface area (TPSA) is 3.24 Å². The van der Waals surface area contributed by atoms with Gasteiger partial charge in [-0.15, -0.1) is 0 Å². The van der Waals surface area contributed by atoms with E-state index < -0.39 is 0 Å². The first-order chi connectivity index (χ1) is 11.0. The van der Waals surface area contributed by atoms with E-state index in [1.807, 2.05) is 5.57 Å². The van der Waals surface area contributed by atoms with Gasteiger partial charge in [0, 0.05) is 18.6 Å². The zero-order valence-electron chi connectivity index (χ0n) is 15.9. The van der Waals surface area contributed by atoms with E-state index in [0.717, 1.165) is 41.7 Å². The van der Waals surface area contributed by atoms with Crippen LogP contribution < -0.4 is 0 Å². The van der Waals surface area contributed by atoms with Gasteiger partial charge in [0.2, 0.25) is 0 Å². The lowest BCUT2D eigenvalue weighted by Crippen LogP contribution is -2.52. The van der Waals surface area contributed by atoms with Crippen LogP contribution in [0.2, 0.25) is 0 Å². The molecule has 3 saturated carbocycles. The highest BCUT2D eigenvalue weighted by Crippen LogP contribution is 2.50. The van der Waals surface area contributed by atoms with Crippen LogP contribution >= 0.6 is 0 Å². The molecule has 0 aromatic heterocycles. The second-order valence-corrected chi connectivity index (χ2v) is 9.85. The van der Waals surface area contributed by atoms with Crippen molar-refractivity contribution in [2.45, 2.75) is 91.1 Å². The van der Waals surface area contributed by atoms with E-state index in [4.69, 9.17) is 0 Å². The van der Waals surface area contributed by atoms with Crippen molar-refractivity contribution in [1.82, 2.24) is 4.90 Å². The Hall–Kier alpha value is -0.300. The third-order valence-electron chi connectivity index (χ3n) is 7.87. The largest absolute Gasteiger partial charge is 0.298 e. The Kier molecular flexibility index (Phi) is 4.37. The van der Waals surface area contributed by atoms with Crippen LogP contribution in [0.3, 0.4) is 0 Å². The molecule has 0 saturated heterocycles. The van der Waals surface area contributed by atoms with Gasteiger partial charge >= 0.3 is 0 Å². The number of nitrogens with zero attached hydrogens (tertiary/aromatic N) is 1. The van der Waals surface area contributed by atoms with Gasteiger partial charge in [-0.25, -0.2) is 0 Å². The average molecular weight is 316 g/mol. The Balaban J connectivity index is 1.23. The molecule has 0 aromatic carbocycles. The van der Waals surface area contributed by atoms with E-state index in [1.165, 1.54) is 45.1 Å². The second kappa shape index (κ2) is 6.21. The van der Waals surface area contributed by atoms with Crippen LogP contribution in [-0.2, 0) is 0 Å². The highest BCUT2D eigenvalue weighted by molar-refractivity contribution is 5.27. The molecule has 1 nitrogen and oxygen atoms in total. The molecular formula is C22H37N. The molecule has 130 valence electrons. The third kappa shape index (κ3) is 3.03. The predicted molar refractivity (Wildman–Crippen MR) is 98.4 cm³/mol. The summed E-state index contributed by atoms with van der Waals surface area (Å²) in [5.41, 5.74) is 3.56. The Morgan fingerprint density at radius 2 is 1.61 bits per heavy atom. The van der Waals surface area contributed by atoms with Gasteiger partial charge in [0.05, 0.1) is 0 Å². The molecule has 0 unspecified atom stereocenters. The molecule has 0 atom stereocenters. The maximum atomic E-state index is 2.87. The van der Waals surface area contributed by atoms with Crippen molar-refractivity contribution in [2.24, 2.45) is 29.6 Å². The first-order valence-electron chi connectivity index (χ1n) is 10.5. The van der Waals surface area contributed by atoms with Gasteiger partial charge in [0.1, 0.15) is 0 Å². The molecule has 0 amide bonds. The Labute approximate surface area is 143 Å². The maximum absolute atomic E-state index is 2.87.